The van der Waals surface area contributed by atoms with Gasteiger partial charge in [-0.25, -0.2) is 0 Å². The zero-order valence-electron chi connectivity index (χ0n) is 10.8. The molecule has 0 saturated heterocycles. The minimum atomic E-state index is -0.458. The number of amides is 1. The summed E-state index contributed by atoms with van der Waals surface area (Å²) in [7, 11) is 0. The molecule has 5 nitrogen and oxygen atoms in total. The number of hydrogen-bond donors (Lipinski definition) is 2. The van der Waals surface area contributed by atoms with Crippen LogP contribution in [-0.4, -0.2) is 21.2 Å². The fraction of sp³-hybridized carbons (Fsp3) is 0.308. The molecule has 2 aromatic rings. The topological polar surface area (TPSA) is 75.1 Å². The molecule has 1 aliphatic rings. The summed E-state index contributed by atoms with van der Waals surface area (Å²) in [4.78, 5) is 12.1. The van der Waals surface area contributed by atoms with Gasteiger partial charge in [-0.15, -0.1) is 10.2 Å². The number of nitrogens with zero attached hydrogens (tertiary/aromatic N) is 2. The summed E-state index contributed by atoms with van der Waals surface area (Å²) >= 11 is 13.1. The first-order valence-corrected chi connectivity index (χ1v) is 7.90. The molecule has 1 aromatic heterocycles. The van der Waals surface area contributed by atoms with Gasteiger partial charge in [-0.3, -0.25) is 4.79 Å². The van der Waals surface area contributed by atoms with Crippen molar-refractivity contribution in [2.24, 2.45) is 0 Å². The highest BCUT2D eigenvalue weighted by molar-refractivity contribution is 7.11. The Bertz CT molecular complexity index is 701. The van der Waals surface area contributed by atoms with Crippen molar-refractivity contribution in [2.75, 3.05) is 0 Å². The van der Waals surface area contributed by atoms with Crippen LogP contribution in [0.1, 0.15) is 39.1 Å². The molecule has 1 amide bonds. The van der Waals surface area contributed by atoms with Crippen LogP contribution >= 0.6 is 34.5 Å². The number of phenolic OH excluding ortho intramolecular Hbond substituents is 1. The molecule has 3 rings (SSSR count). The maximum atomic E-state index is 12.1. The van der Waals surface area contributed by atoms with Crippen molar-refractivity contribution in [3.63, 3.8) is 0 Å². The molecule has 0 radical (unpaired) electrons. The highest BCUT2D eigenvalue weighted by atomic mass is 35.5. The molecule has 0 atom stereocenters. The van der Waals surface area contributed by atoms with Crippen LogP contribution in [0.5, 0.6) is 5.75 Å². The van der Waals surface area contributed by atoms with E-state index in [1.807, 2.05) is 0 Å². The molecular weight excluding hydrogens is 333 g/mol. The van der Waals surface area contributed by atoms with Crippen LogP contribution in [0, 0.1) is 0 Å². The quantitative estimate of drug-likeness (QED) is 0.892. The highest BCUT2D eigenvalue weighted by Crippen LogP contribution is 2.41. The van der Waals surface area contributed by atoms with Crippen LogP contribution in [0.3, 0.4) is 0 Å². The van der Waals surface area contributed by atoms with Gasteiger partial charge in [0.05, 0.1) is 17.1 Å². The Labute approximate surface area is 134 Å². The molecule has 1 fully saturated rings. The van der Waals surface area contributed by atoms with E-state index in [9.17, 15) is 9.90 Å². The van der Waals surface area contributed by atoms with E-state index in [4.69, 9.17) is 23.2 Å². The first-order valence-electron chi connectivity index (χ1n) is 6.33. The van der Waals surface area contributed by atoms with Gasteiger partial charge in [0.1, 0.15) is 15.8 Å². The van der Waals surface area contributed by atoms with Crippen molar-refractivity contribution in [3.8, 4) is 5.75 Å². The third-order valence-corrected chi connectivity index (χ3v) is 4.67. The van der Waals surface area contributed by atoms with Crippen molar-refractivity contribution in [2.45, 2.75) is 25.3 Å². The Morgan fingerprint density at radius 2 is 2.14 bits per heavy atom. The minimum Gasteiger partial charge on any atom is -0.506 e. The van der Waals surface area contributed by atoms with Crippen LogP contribution in [0.15, 0.2) is 12.1 Å². The van der Waals surface area contributed by atoms with E-state index in [0.717, 1.165) is 22.9 Å². The summed E-state index contributed by atoms with van der Waals surface area (Å²) in [6.45, 7) is 0.257. The number of rotatable bonds is 4. The summed E-state index contributed by atoms with van der Waals surface area (Å²) in [5, 5.41) is 22.7. The molecule has 1 aromatic carbocycles. The van der Waals surface area contributed by atoms with Crippen LogP contribution < -0.4 is 5.32 Å². The summed E-state index contributed by atoms with van der Waals surface area (Å²) in [5.41, 5.74) is 0.0411. The molecule has 21 heavy (non-hydrogen) atoms. The molecular formula is C13H11Cl2N3O2S. The van der Waals surface area contributed by atoms with Crippen molar-refractivity contribution >= 4 is 40.4 Å². The normalized spacial score (nSPS) is 14.2. The van der Waals surface area contributed by atoms with Crippen LogP contribution in [0.4, 0.5) is 0 Å². The van der Waals surface area contributed by atoms with Crippen LogP contribution in [0.2, 0.25) is 10.0 Å². The molecule has 110 valence electrons. The molecule has 1 aliphatic carbocycles. The average Bonchev–Trinajstić information content (AvgIpc) is 3.19. The van der Waals surface area contributed by atoms with Crippen molar-refractivity contribution in [1.82, 2.24) is 15.5 Å². The zero-order valence-corrected chi connectivity index (χ0v) is 13.1. The maximum Gasteiger partial charge on any atom is 0.255 e. The average molecular weight is 344 g/mol. The van der Waals surface area contributed by atoms with E-state index < -0.39 is 5.91 Å². The smallest absolute Gasteiger partial charge is 0.255 e. The molecule has 1 heterocycles. The molecule has 0 bridgehead atoms. The third kappa shape index (κ3) is 3.28. The fourth-order valence-electron chi connectivity index (χ4n) is 1.82. The number of phenols is 1. The van der Waals surface area contributed by atoms with E-state index in [1.165, 1.54) is 23.5 Å². The summed E-state index contributed by atoms with van der Waals surface area (Å²) in [6, 6.07) is 2.75. The Balaban J connectivity index is 1.68. The van der Waals surface area contributed by atoms with Gasteiger partial charge in [0.15, 0.2) is 0 Å². The first kappa shape index (κ1) is 14.6. The van der Waals surface area contributed by atoms with Gasteiger partial charge in [-0.1, -0.05) is 34.5 Å². The van der Waals surface area contributed by atoms with Crippen molar-refractivity contribution < 1.29 is 9.90 Å². The fourth-order valence-corrected chi connectivity index (χ4v) is 3.27. The van der Waals surface area contributed by atoms with Crippen molar-refractivity contribution in [1.29, 1.82) is 0 Å². The van der Waals surface area contributed by atoms with E-state index >= 15 is 0 Å². The maximum absolute atomic E-state index is 12.1. The number of carbonyl (C=O) groups is 1. The Kier molecular flexibility index (Phi) is 4.01. The van der Waals surface area contributed by atoms with Gasteiger partial charge < -0.3 is 10.4 Å². The van der Waals surface area contributed by atoms with Crippen LogP contribution in [-0.2, 0) is 6.54 Å². The Morgan fingerprint density at radius 1 is 1.38 bits per heavy atom. The highest BCUT2D eigenvalue weighted by Gasteiger charge is 2.27. The summed E-state index contributed by atoms with van der Waals surface area (Å²) in [5.74, 6) is -0.197. The summed E-state index contributed by atoms with van der Waals surface area (Å²) in [6.07, 6.45) is 2.33. The Morgan fingerprint density at radius 3 is 2.86 bits per heavy atom. The molecule has 0 spiro atoms. The van der Waals surface area contributed by atoms with Gasteiger partial charge in [0.25, 0.3) is 5.91 Å². The van der Waals surface area contributed by atoms with E-state index in [-0.39, 0.29) is 27.9 Å². The second-order valence-corrected chi connectivity index (χ2v) is 6.71. The number of benzene rings is 1. The van der Waals surface area contributed by atoms with Gasteiger partial charge in [0.2, 0.25) is 0 Å². The van der Waals surface area contributed by atoms with E-state index in [0.29, 0.717) is 5.92 Å². The molecule has 8 heteroatoms. The number of aromatic hydroxyl groups is 1. The number of aromatic nitrogens is 2. The SMILES string of the molecule is O=C(NCc1nnc(C2CC2)s1)c1cc(Cl)cc(Cl)c1O. The predicted octanol–water partition coefficient (Wildman–Crippen LogP) is 3.36. The molecule has 0 unspecified atom stereocenters. The minimum absolute atomic E-state index is 0.0411. The number of carbonyl (C=O) groups excluding carboxylic acids is 1. The van der Waals surface area contributed by atoms with E-state index in [2.05, 4.69) is 15.5 Å². The van der Waals surface area contributed by atoms with E-state index in [1.54, 1.807) is 0 Å². The lowest BCUT2D eigenvalue weighted by atomic mass is 10.2. The largest absolute Gasteiger partial charge is 0.506 e. The van der Waals surface area contributed by atoms with Gasteiger partial charge in [0, 0.05) is 10.9 Å². The number of nitrogens with one attached hydrogen (secondary N) is 1. The second-order valence-electron chi connectivity index (χ2n) is 4.77. The lowest BCUT2D eigenvalue weighted by Gasteiger charge is -2.07. The van der Waals surface area contributed by atoms with Gasteiger partial charge >= 0.3 is 0 Å². The van der Waals surface area contributed by atoms with Gasteiger partial charge in [-0.2, -0.15) is 0 Å². The number of halogens is 2. The third-order valence-electron chi connectivity index (χ3n) is 3.08. The second kappa shape index (κ2) is 5.79. The summed E-state index contributed by atoms with van der Waals surface area (Å²) < 4.78 is 0. The molecule has 0 aliphatic heterocycles. The van der Waals surface area contributed by atoms with Crippen LogP contribution in [0.25, 0.3) is 0 Å². The Hall–Kier alpha value is -1.37. The first-order chi connectivity index (χ1) is 10.0. The molecule has 2 N–H and O–H groups in total. The monoisotopic (exact) mass is 343 g/mol. The lowest BCUT2D eigenvalue weighted by Crippen LogP contribution is -2.22. The standard InChI is InChI=1S/C13H11Cl2N3O2S/c14-7-3-8(11(19)9(15)4-7)12(20)16-5-10-17-18-13(21-10)6-1-2-6/h3-4,6,19H,1-2,5H2,(H,16,20). The van der Waals surface area contributed by atoms with Crippen molar-refractivity contribution in [3.05, 3.63) is 37.8 Å². The molecule has 1 saturated carbocycles. The lowest BCUT2D eigenvalue weighted by molar-refractivity contribution is 0.0948. The predicted molar refractivity (Wildman–Crippen MR) is 81.2 cm³/mol. The van der Waals surface area contributed by atoms with Gasteiger partial charge in [-0.05, 0) is 25.0 Å². The number of hydrogen-bond acceptors (Lipinski definition) is 5. The zero-order chi connectivity index (χ0) is 15.0.